The van der Waals surface area contributed by atoms with E-state index >= 15 is 0 Å². The fraction of sp³-hybridized carbons (Fsp3) is 0. The summed E-state index contributed by atoms with van der Waals surface area (Å²) < 4.78 is 70.4. The van der Waals surface area contributed by atoms with Crippen molar-refractivity contribution < 1.29 is 25.9 Å². The number of hydrogen-bond donors (Lipinski definition) is 2. The minimum Gasteiger partial charge on any atom is -0.282 e. The second kappa shape index (κ2) is 9.11. The van der Waals surface area contributed by atoms with Crippen LogP contribution in [0, 0.1) is 0 Å². The van der Waals surface area contributed by atoms with Crippen LogP contribution in [0.25, 0.3) is 32.6 Å². The van der Waals surface area contributed by atoms with Crippen molar-refractivity contribution in [2.45, 2.75) is 0 Å². The van der Waals surface area contributed by atoms with Crippen LogP contribution in [-0.2, 0) is 20.2 Å². The second-order valence-corrected chi connectivity index (χ2v) is 9.34. The Bertz CT molecular complexity index is 1580. The molecule has 34 heavy (non-hydrogen) atoms. The molecule has 0 aliphatic heterocycles. The van der Waals surface area contributed by atoms with Crippen molar-refractivity contribution in [1.29, 1.82) is 0 Å². The van der Waals surface area contributed by atoms with Crippen LogP contribution >= 0.6 is 0 Å². The zero-order valence-corrected chi connectivity index (χ0v) is 18.6. The van der Waals surface area contributed by atoms with Gasteiger partial charge in [-0.25, -0.2) is 29.9 Å². The lowest BCUT2D eigenvalue weighted by Crippen LogP contribution is -2.12. The molecule has 14 heteroatoms. The van der Waals surface area contributed by atoms with Gasteiger partial charge in [0.05, 0.1) is 0 Å². The normalized spacial score (nSPS) is 12.8. The van der Waals surface area contributed by atoms with Gasteiger partial charge in [-0.1, -0.05) is 48.5 Å². The molecule has 0 unspecified atom stereocenters. The average Bonchev–Trinajstić information content (AvgIpc) is 2.82. The van der Waals surface area contributed by atoms with Gasteiger partial charge in [0.15, 0.2) is 11.6 Å². The molecular weight excluding hydrogens is 484 g/mol. The molecule has 4 aromatic rings. The summed E-state index contributed by atoms with van der Waals surface area (Å²) in [5.41, 5.74) is -0.316. The summed E-state index contributed by atoms with van der Waals surface area (Å²) in [6.07, 6.45) is 4.71. The standard InChI is InChI=1S/C20H14N6O6S2/c27-33(28,29)17(13-5-2-1-3-6-13)18(34(30,31)32)14-7-4-8-15(19-23-9-21-10-24-19)16(14)20-25-11-22-12-26-20/h1-12H,(H,27,28,29)(H,30,31,32). The molecule has 2 aromatic heterocycles. The molecule has 0 aliphatic carbocycles. The maximum Gasteiger partial charge on any atom is 0.296 e. The SMILES string of the molecule is O=S(=O)(O)C(=C(c1cccc(-c2ncncn2)c1-c1ncncn1)S(=O)(=O)O)c1ccccc1. The lowest BCUT2D eigenvalue weighted by Gasteiger charge is -2.17. The molecule has 0 saturated heterocycles. The van der Waals surface area contributed by atoms with Crippen LogP contribution in [0.4, 0.5) is 0 Å². The predicted octanol–water partition coefficient (Wildman–Crippen LogP) is 1.99. The lowest BCUT2D eigenvalue weighted by molar-refractivity contribution is 0.491. The van der Waals surface area contributed by atoms with Crippen molar-refractivity contribution >= 4 is 30.0 Å². The second-order valence-electron chi connectivity index (χ2n) is 6.63. The summed E-state index contributed by atoms with van der Waals surface area (Å²) >= 11 is 0. The first-order valence-corrected chi connectivity index (χ1v) is 12.2. The van der Waals surface area contributed by atoms with Crippen LogP contribution in [0.2, 0.25) is 0 Å². The van der Waals surface area contributed by atoms with Crippen LogP contribution in [0.3, 0.4) is 0 Å². The molecule has 2 heterocycles. The fourth-order valence-electron chi connectivity index (χ4n) is 3.28. The molecule has 0 fully saturated rings. The third-order valence-electron chi connectivity index (χ3n) is 4.52. The van der Waals surface area contributed by atoms with E-state index in [1.54, 1.807) is 6.07 Å². The van der Waals surface area contributed by atoms with E-state index in [4.69, 9.17) is 0 Å². The molecule has 0 saturated carbocycles. The molecule has 2 aromatic carbocycles. The number of hydrogen-bond acceptors (Lipinski definition) is 10. The summed E-state index contributed by atoms with van der Waals surface area (Å²) in [5, 5.41) is 0. The third kappa shape index (κ3) is 4.69. The Morgan fingerprint density at radius 3 is 1.68 bits per heavy atom. The summed E-state index contributed by atoms with van der Waals surface area (Å²) in [6.45, 7) is 0. The maximum absolute atomic E-state index is 12.7. The van der Waals surface area contributed by atoms with Crippen molar-refractivity contribution in [2.75, 3.05) is 0 Å². The minimum atomic E-state index is -5.26. The van der Waals surface area contributed by atoms with Crippen molar-refractivity contribution in [2.24, 2.45) is 0 Å². The van der Waals surface area contributed by atoms with Crippen LogP contribution in [0.1, 0.15) is 11.1 Å². The first kappa shape index (κ1) is 23.2. The fourth-order valence-corrected chi connectivity index (χ4v) is 5.49. The lowest BCUT2D eigenvalue weighted by atomic mass is 9.98. The first-order valence-electron chi connectivity index (χ1n) is 9.30. The summed E-state index contributed by atoms with van der Waals surface area (Å²) in [7, 11) is -10.4. The molecule has 172 valence electrons. The van der Waals surface area contributed by atoms with E-state index in [1.807, 2.05) is 0 Å². The average molecular weight is 499 g/mol. The summed E-state index contributed by atoms with van der Waals surface area (Å²) in [5.74, 6) is 0.0278. The van der Waals surface area contributed by atoms with Gasteiger partial charge in [-0.15, -0.1) is 0 Å². The van der Waals surface area contributed by atoms with E-state index in [0.29, 0.717) is 0 Å². The van der Waals surface area contributed by atoms with Gasteiger partial charge in [-0.2, -0.15) is 16.8 Å². The van der Waals surface area contributed by atoms with Gasteiger partial charge in [-0.3, -0.25) is 9.11 Å². The van der Waals surface area contributed by atoms with Gasteiger partial charge < -0.3 is 0 Å². The first-order chi connectivity index (χ1) is 16.2. The van der Waals surface area contributed by atoms with Gasteiger partial charge in [-0.05, 0) is 5.56 Å². The van der Waals surface area contributed by atoms with E-state index in [0.717, 1.165) is 12.7 Å². The zero-order valence-electron chi connectivity index (χ0n) is 17.0. The van der Waals surface area contributed by atoms with E-state index in [2.05, 4.69) is 29.9 Å². The maximum atomic E-state index is 12.7. The highest BCUT2D eigenvalue weighted by Crippen LogP contribution is 2.41. The van der Waals surface area contributed by atoms with E-state index in [-0.39, 0.29) is 33.9 Å². The van der Waals surface area contributed by atoms with Crippen LogP contribution in [0.15, 0.2) is 73.8 Å². The largest absolute Gasteiger partial charge is 0.296 e. The molecule has 0 atom stereocenters. The molecule has 0 amide bonds. The van der Waals surface area contributed by atoms with Crippen molar-refractivity contribution in [1.82, 2.24) is 29.9 Å². The Balaban J connectivity index is 2.22. The number of nitrogens with zero attached hydrogens (tertiary/aromatic N) is 6. The molecule has 0 aliphatic rings. The van der Waals surface area contributed by atoms with Crippen molar-refractivity contribution in [3.63, 3.8) is 0 Å². The van der Waals surface area contributed by atoms with Crippen LogP contribution in [0.5, 0.6) is 0 Å². The minimum absolute atomic E-state index is 0.0270. The molecule has 0 radical (unpaired) electrons. The molecule has 2 N–H and O–H groups in total. The third-order valence-corrected chi connectivity index (χ3v) is 6.54. The highest BCUT2D eigenvalue weighted by atomic mass is 32.2. The monoisotopic (exact) mass is 498 g/mol. The van der Waals surface area contributed by atoms with Crippen molar-refractivity contribution in [3.8, 4) is 22.8 Å². The van der Waals surface area contributed by atoms with E-state index in [1.165, 1.54) is 55.1 Å². The van der Waals surface area contributed by atoms with E-state index < -0.39 is 30.0 Å². The molecule has 12 nitrogen and oxygen atoms in total. The number of benzene rings is 2. The predicted molar refractivity (Wildman–Crippen MR) is 120 cm³/mol. The Hall–Kier alpha value is -3.98. The Labute approximate surface area is 193 Å². The molecular formula is C20H14N6O6S2. The summed E-state index contributed by atoms with van der Waals surface area (Å²) in [6, 6.07) is 11.1. The van der Waals surface area contributed by atoms with Crippen LogP contribution < -0.4 is 0 Å². The highest BCUT2D eigenvalue weighted by molar-refractivity contribution is 8.01. The van der Waals surface area contributed by atoms with E-state index in [9.17, 15) is 25.9 Å². The quantitative estimate of drug-likeness (QED) is 0.291. The van der Waals surface area contributed by atoms with Gasteiger partial charge in [0.25, 0.3) is 20.2 Å². The molecule has 0 bridgehead atoms. The summed E-state index contributed by atoms with van der Waals surface area (Å²) in [4.78, 5) is 21.6. The van der Waals surface area contributed by atoms with Crippen molar-refractivity contribution in [3.05, 3.63) is 85.0 Å². The van der Waals surface area contributed by atoms with Gasteiger partial charge >= 0.3 is 0 Å². The number of rotatable bonds is 6. The molecule has 0 spiro atoms. The van der Waals surface area contributed by atoms with Gasteiger partial charge in [0.2, 0.25) is 0 Å². The Morgan fingerprint density at radius 2 is 1.15 bits per heavy atom. The Morgan fingerprint density at radius 1 is 0.618 bits per heavy atom. The van der Waals surface area contributed by atoms with Crippen LogP contribution in [-0.4, -0.2) is 55.8 Å². The van der Waals surface area contributed by atoms with Gasteiger partial charge in [0.1, 0.15) is 35.1 Å². The zero-order chi connectivity index (χ0) is 24.3. The number of aromatic nitrogens is 6. The topological polar surface area (TPSA) is 186 Å². The molecule has 4 rings (SSSR count). The smallest absolute Gasteiger partial charge is 0.282 e. The highest BCUT2D eigenvalue weighted by Gasteiger charge is 2.33. The van der Waals surface area contributed by atoms with Gasteiger partial charge in [0, 0.05) is 16.7 Å². The Kier molecular flexibility index (Phi) is 6.21.